The molecule has 0 aliphatic heterocycles. The Kier molecular flexibility index (Phi) is 5.35. The van der Waals surface area contributed by atoms with Crippen molar-refractivity contribution in [3.05, 3.63) is 35.5 Å². The molecule has 0 spiro atoms. The van der Waals surface area contributed by atoms with E-state index in [1.807, 2.05) is 6.92 Å². The normalized spacial score (nSPS) is 17.1. The molecule has 27 heavy (non-hydrogen) atoms. The molecule has 146 valence electrons. The van der Waals surface area contributed by atoms with E-state index < -0.39 is 17.9 Å². The molecule has 1 aromatic heterocycles. The van der Waals surface area contributed by atoms with Crippen LogP contribution < -0.4 is 0 Å². The lowest BCUT2D eigenvalue weighted by Crippen LogP contribution is -2.27. The van der Waals surface area contributed by atoms with Crippen molar-refractivity contribution in [3.8, 4) is 11.4 Å². The molecule has 1 aromatic carbocycles. The molecule has 2 aromatic rings. The average molecular weight is 384 g/mol. The molecule has 1 aliphatic carbocycles. The van der Waals surface area contributed by atoms with Crippen molar-refractivity contribution in [1.29, 1.82) is 0 Å². The van der Waals surface area contributed by atoms with Crippen molar-refractivity contribution >= 4 is 5.78 Å². The van der Waals surface area contributed by atoms with Crippen molar-refractivity contribution in [3.63, 3.8) is 0 Å². The van der Waals surface area contributed by atoms with Crippen molar-refractivity contribution in [1.82, 2.24) is 10.1 Å². The van der Waals surface area contributed by atoms with Crippen LogP contribution in [0, 0.1) is 11.2 Å². The molecule has 1 saturated carbocycles. The monoisotopic (exact) mass is 384 g/mol. The molecular weight excluding hydrogens is 364 g/mol. The molecular formula is C19H20F4N2O2. The van der Waals surface area contributed by atoms with Gasteiger partial charge in [-0.1, -0.05) is 43.8 Å². The van der Waals surface area contributed by atoms with Crippen LogP contribution in [-0.4, -0.2) is 15.9 Å². The molecule has 1 fully saturated rings. The number of benzene rings is 1. The van der Waals surface area contributed by atoms with E-state index >= 15 is 0 Å². The van der Waals surface area contributed by atoms with Gasteiger partial charge >= 0.3 is 12.1 Å². The second-order valence-electron chi connectivity index (χ2n) is 7.13. The van der Waals surface area contributed by atoms with Gasteiger partial charge < -0.3 is 4.52 Å². The molecule has 1 aliphatic rings. The fourth-order valence-corrected chi connectivity index (χ4v) is 3.73. The number of aromatic nitrogens is 2. The van der Waals surface area contributed by atoms with Crippen LogP contribution in [0.25, 0.3) is 11.4 Å². The lowest BCUT2D eigenvalue weighted by molar-refractivity contribution is -0.159. The van der Waals surface area contributed by atoms with Crippen LogP contribution in [0.1, 0.15) is 68.1 Å². The zero-order valence-corrected chi connectivity index (χ0v) is 14.9. The minimum absolute atomic E-state index is 0.0196. The quantitative estimate of drug-likeness (QED) is 0.481. The second-order valence-corrected chi connectivity index (χ2v) is 7.13. The van der Waals surface area contributed by atoms with Crippen LogP contribution >= 0.6 is 0 Å². The van der Waals surface area contributed by atoms with E-state index in [4.69, 9.17) is 0 Å². The van der Waals surface area contributed by atoms with Gasteiger partial charge in [-0.25, -0.2) is 4.39 Å². The van der Waals surface area contributed by atoms with Gasteiger partial charge in [-0.15, -0.1) is 0 Å². The SMILES string of the molecule is CCC1(CC(=O)c2ccc(-c3noc(C(F)(F)F)n3)cc2F)CCCCC1. The molecule has 0 amide bonds. The van der Waals surface area contributed by atoms with Gasteiger partial charge in [0.15, 0.2) is 5.78 Å². The van der Waals surface area contributed by atoms with Gasteiger partial charge in [-0.2, -0.15) is 18.2 Å². The molecule has 3 rings (SSSR count). The maximum absolute atomic E-state index is 14.5. The Balaban J connectivity index is 1.80. The Bertz CT molecular complexity index is 823. The molecule has 0 radical (unpaired) electrons. The number of carbonyl (C=O) groups excluding carboxylic acids is 1. The van der Waals surface area contributed by atoms with Crippen molar-refractivity contribution < 1.29 is 26.9 Å². The van der Waals surface area contributed by atoms with Gasteiger partial charge in [0, 0.05) is 12.0 Å². The van der Waals surface area contributed by atoms with E-state index in [1.165, 1.54) is 12.1 Å². The van der Waals surface area contributed by atoms with E-state index in [0.29, 0.717) is 0 Å². The summed E-state index contributed by atoms with van der Waals surface area (Å²) in [6, 6.07) is 3.58. The zero-order valence-electron chi connectivity index (χ0n) is 14.9. The molecule has 0 atom stereocenters. The second kappa shape index (κ2) is 7.40. The summed E-state index contributed by atoms with van der Waals surface area (Å²) in [6.45, 7) is 2.05. The Hall–Kier alpha value is -2.25. The van der Waals surface area contributed by atoms with E-state index in [-0.39, 0.29) is 34.6 Å². The van der Waals surface area contributed by atoms with Crippen LogP contribution in [0.2, 0.25) is 0 Å². The minimum atomic E-state index is -4.77. The highest BCUT2D eigenvalue weighted by molar-refractivity contribution is 5.97. The van der Waals surface area contributed by atoms with Crippen LogP contribution in [0.3, 0.4) is 0 Å². The van der Waals surface area contributed by atoms with E-state index in [0.717, 1.165) is 44.6 Å². The van der Waals surface area contributed by atoms with Gasteiger partial charge in [-0.05, 0) is 30.4 Å². The Morgan fingerprint density at radius 1 is 1.22 bits per heavy atom. The largest absolute Gasteiger partial charge is 0.471 e. The number of halogens is 4. The van der Waals surface area contributed by atoms with E-state index in [2.05, 4.69) is 14.7 Å². The number of hydrogen-bond donors (Lipinski definition) is 0. The molecule has 1 heterocycles. The topological polar surface area (TPSA) is 56.0 Å². The number of Topliss-reactive ketones (excluding diaryl/α,β-unsaturated/α-hetero) is 1. The molecule has 4 nitrogen and oxygen atoms in total. The summed E-state index contributed by atoms with van der Waals surface area (Å²) in [6.07, 6.45) is 1.58. The first-order valence-electron chi connectivity index (χ1n) is 8.98. The first kappa shape index (κ1) is 19.5. The molecule has 8 heteroatoms. The first-order valence-corrected chi connectivity index (χ1v) is 8.98. The number of hydrogen-bond acceptors (Lipinski definition) is 4. The summed E-state index contributed by atoms with van der Waals surface area (Å²) in [5.74, 6) is -2.96. The van der Waals surface area contributed by atoms with Gasteiger partial charge in [0.25, 0.3) is 0 Å². The van der Waals surface area contributed by atoms with Gasteiger partial charge in [0.05, 0.1) is 5.56 Å². The smallest absolute Gasteiger partial charge is 0.329 e. The van der Waals surface area contributed by atoms with Crippen molar-refractivity contribution in [2.24, 2.45) is 5.41 Å². The fourth-order valence-electron chi connectivity index (χ4n) is 3.73. The highest BCUT2D eigenvalue weighted by Gasteiger charge is 2.38. The maximum atomic E-state index is 14.5. The average Bonchev–Trinajstić information content (AvgIpc) is 3.13. The lowest BCUT2D eigenvalue weighted by atomic mass is 9.69. The third-order valence-electron chi connectivity index (χ3n) is 5.40. The number of ketones is 1. The summed E-state index contributed by atoms with van der Waals surface area (Å²) in [7, 11) is 0. The zero-order chi connectivity index (χ0) is 19.7. The van der Waals surface area contributed by atoms with Gasteiger partial charge in [-0.3, -0.25) is 4.79 Å². The van der Waals surface area contributed by atoms with Crippen LogP contribution in [0.4, 0.5) is 17.6 Å². The Labute approximate surface area is 154 Å². The fraction of sp³-hybridized carbons (Fsp3) is 0.526. The Morgan fingerprint density at radius 2 is 1.93 bits per heavy atom. The molecule has 0 saturated heterocycles. The van der Waals surface area contributed by atoms with Crippen molar-refractivity contribution in [2.45, 2.75) is 58.0 Å². The maximum Gasteiger partial charge on any atom is 0.471 e. The third-order valence-corrected chi connectivity index (χ3v) is 5.40. The van der Waals surface area contributed by atoms with Crippen LogP contribution in [0.5, 0.6) is 0 Å². The summed E-state index contributed by atoms with van der Waals surface area (Å²) in [4.78, 5) is 15.9. The highest BCUT2D eigenvalue weighted by Crippen LogP contribution is 2.43. The summed E-state index contributed by atoms with van der Waals surface area (Å²) < 4.78 is 56.3. The summed E-state index contributed by atoms with van der Waals surface area (Å²) in [5, 5.41) is 3.23. The highest BCUT2D eigenvalue weighted by atomic mass is 19.4. The number of rotatable bonds is 5. The molecule has 0 bridgehead atoms. The lowest BCUT2D eigenvalue weighted by Gasteiger charge is -2.36. The van der Waals surface area contributed by atoms with Gasteiger partial charge in [0.1, 0.15) is 5.82 Å². The van der Waals surface area contributed by atoms with Crippen LogP contribution in [-0.2, 0) is 6.18 Å². The third kappa shape index (κ3) is 4.20. The Morgan fingerprint density at radius 3 is 2.48 bits per heavy atom. The predicted molar refractivity (Wildman–Crippen MR) is 89.5 cm³/mol. The standard InChI is InChI=1S/C19H20F4N2O2/c1-2-18(8-4-3-5-9-18)11-15(26)13-7-6-12(10-14(13)20)16-24-17(27-25-16)19(21,22)23/h6-7,10H,2-5,8-9,11H2,1H3. The summed E-state index contributed by atoms with van der Waals surface area (Å²) in [5.41, 5.74) is -0.127. The van der Waals surface area contributed by atoms with Gasteiger partial charge in [0.2, 0.25) is 5.82 Å². The number of alkyl halides is 3. The summed E-state index contributed by atoms with van der Waals surface area (Å²) >= 11 is 0. The molecule has 0 N–H and O–H groups in total. The predicted octanol–water partition coefficient (Wildman–Crippen LogP) is 5.83. The molecule has 0 unspecified atom stereocenters. The minimum Gasteiger partial charge on any atom is -0.329 e. The number of nitrogens with zero attached hydrogens (tertiary/aromatic N) is 2. The van der Waals surface area contributed by atoms with Crippen LogP contribution in [0.15, 0.2) is 22.7 Å². The van der Waals surface area contributed by atoms with E-state index in [9.17, 15) is 22.4 Å². The first-order chi connectivity index (χ1) is 12.7. The van der Waals surface area contributed by atoms with Crippen molar-refractivity contribution in [2.75, 3.05) is 0 Å². The number of carbonyl (C=O) groups is 1. The van der Waals surface area contributed by atoms with E-state index in [1.54, 1.807) is 0 Å².